The van der Waals surface area contributed by atoms with Crippen LogP contribution in [0.3, 0.4) is 0 Å². The van der Waals surface area contributed by atoms with E-state index in [-0.39, 0.29) is 47.9 Å². The molecule has 0 fully saturated rings. The van der Waals surface area contributed by atoms with Crippen molar-refractivity contribution < 1.29 is 38.8 Å². The maximum Gasteiger partial charge on any atom is 0.164 e. The Kier molecular flexibility index (Phi) is 13.9. The van der Waals surface area contributed by atoms with Gasteiger partial charge in [0.25, 0.3) is 0 Å². The number of fused-ring (bicyclic) bond motifs is 3. The molecule has 0 saturated heterocycles. The van der Waals surface area contributed by atoms with Crippen molar-refractivity contribution in [1.29, 1.82) is 0 Å². The van der Waals surface area contributed by atoms with Crippen molar-refractivity contribution in [2.45, 2.75) is 121 Å². The van der Waals surface area contributed by atoms with Gasteiger partial charge < -0.3 is 13.9 Å². The van der Waals surface area contributed by atoms with Crippen molar-refractivity contribution in [3.63, 3.8) is 0 Å². The Morgan fingerprint density at radius 2 is 1.53 bits per heavy atom. The Hall–Kier alpha value is -3.99. The van der Waals surface area contributed by atoms with Crippen molar-refractivity contribution in [1.82, 2.24) is 4.98 Å². The van der Waals surface area contributed by atoms with Gasteiger partial charge in [-0.2, -0.15) is 0 Å². The molecule has 295 valence electrons. The standard InChI is InChI=1S/C34H32NO2.C15H28O2.Ir/c1-20(2)13-25-19-36-32-17-23(11-12-27(25)32)28-18-30(35-31-14-21(3)37-33(28)31)24-15-22-9-7-8-10-26(22)29(16-24)34(4,5)6;1-7-14(5,8-2)12(16)11-13(17)15(6,9-3)10-4;/h7-12,14,16-20H,13H2,1-6H3;11,16H,7-10H2,1-6H3;/q-1;;/b;12-11-;. The van der Waals surface area contributed by atoms with Gasteiger partial charge >= 0.3 is 0 Å². The maximum absolute atomic E-state index is 12.2. The number of hydrogen-bond acceptors (Lipinski definition) is 5. The van der Waals surface area contributed by atoms with E-state index in [1.807, 2.05) is 60.8 Å². The first-order valence-corrected chi connectivity index (χ1v) is 19.8. The second-order valence-corrected chi connectivity index (χ2v) is 17.0. The third-order valence-corrected chi connectivity index (χ3v) is 11.7. The smallest absolute Gasteiger partial charge is 0.164 e. The number of ketones is 1. The Bertz CT molecular complexity index is 2290. The molecule has 55 heavy (non-hydrogen) atoms. The molecule has 1 N–H and O–H groups in total. The summed E-state index contributed by atoms with van der Waals surface area (Å²) in [5, 5.41) is 13.6. The average molecular weight is 919 g/mol. The van der Waals surface area contributed by atoms with E-state index in [9.17, 15) is 9.90 Å². The molecular formula is C49H60IrNO4-. The molecule has 0 unspecified atom stereocenters. The van der Waals surface area contributed by atoms with E-state index in [0.29, 0.717) is 5.92 Å². The second kappa shape index (κ2) is 17.4. The maximum atomic E-state index is 12.2. The fourth-order valence-electron chi connectivity index (χ4n) is 7.01. The Balaban J connectivity index is 0.000000320. The normalized spacial score (nSPS) is 12.6. The molecular weight excluding hydrogens is 859 g/mol. The topological polar surface area (TPSA) is 76.5 Å². The van der Waals surface area contributed by atoms with Crippen molar-refractivity contribution >= 4 is 38.6 Å². The molecule has 3 aromatic carbocycles. The van der Waals surface area contributed by atoms with Gasteiger partial charge in [0.2, 0.25) is 0 Å². The molecule has 3 heterocycles. The third-order valence-electron chi connectivity index (χ3n) is 11.7. The molecule has 0 aliphatic carbocycles. The summed E-state index contributed by atoms with van der Waals surface area (Å²) in [6.45, 7) is 25.3. The van der Waals surface area contributed by atoms with Gasteiger partial charge in [-0.15, -0.1) is 29.1 Å². The van der Waals surface area contributed by atoms with Gasteiger partial charge in [-0.1, -0.05) is 124 Å². The van der Waals surface area contributed by atoms with Gasteiger partial charge in [-0.25, -0.2) is 0 Å². The largest absolute Gasteiger partial charge is 0.512 e. The van der Waals surface area contributed by atoms with Crippen LogP contribution >= 0.6 is 0 Å². The predicted molar refractivity (Wildman–Crippen MR) is 226 cm³/mol. The molecule has 6 heteroatoms. The number of allylic oxidation sites excluding steroid dienone is 2. The first-order valence-electron chi connectivity index (χ1n) is 19.8. The zero-order chi connectivity index (χ0) is 39.6. The number of aliphatic hydroxyl groups is 1. The van der Waals surface area contributed by atoms with E-state index >= 15 is 0 Å². The van der Waals surface area contributed by atoms with Gasteiger partial charge in [0, 0.05) is 59.7 Å². The molecule has 0 aliphatic heterocycles. The third kappa shape index (κ3) is 9.35. The van der Waals surface area contributed by atoms with E-state index in [2.05, 4.69) is 95.3 Å². The Morgan fingerprint density at radius 3 is 2.15 bits per heavy atom. The number of pyridine rings is 1. The van der Waals surface area contributed by atoms with Gasteiger partial charge in [0.1, 0.15) is 22.6 Å². The van der Waals surface area contributed by atoms with E-state index < -0.39 is 0 Å². The first kappa shape index (κ1) is 43.7. The zero-order valence-corrected chi connectivity index (χ0v) is 37.4. The molecule has 5 nitrogen and oxygen atoms in total. The van der Waals surface area contributed by atoms with E-state index in [1.165, 1.54) is 28.0 Å². The van der Waals surface area contributed by atoms with Crippen LogP contribution in [0.4, 0.5) is 0 Å². The molecule has 0 atom stereocenters. The van der Waals surface area contributed by atoms with Crippen LogP contribution in [0.1, 0.15) is 119 Å². The molecule has 3 aromatic heterocycles. The quantitative estimate of drug-likeness (QED) is 0.0796. The SMILES string of the molecule is CCC(C)(CC)C(=O)/C=C(\O)C(C)(CC)CC.Cc1cc2nc(-c3[c-]c4ccccc4c(C(C)(C)C)c3)cc(-c3ccc4c(CC(C)C)coc4c3)c2o1.[Ir]. The van der Waals surface area contributed by atoms with Crippen LogP contribution in [0.15, 0.2) is 87.6 Å². The minimum absolute atomic E-state index is 0. The van der Waals surface area contributed by atoms with Crippen LogP contribution < -0.4 is 0 Å². The molecule has 0 spiro atoms. The summed E-state index contributed by atoms with van der Waals surface area (Å²) in [7, 11) is 0. The molecule has 1 radical (unpaired) electrons. The summed E-state index contributed by atoms with van der Waals surface area (Å²) in [5.74, 6) is 1.70. The van der Waals surface area contributed by atoms with Crippen molar-refractivity contribution in [2.24, 2.45) is 16.7 Å². The summed E-state index contributed by atoms with van der Waals surface area (Å²) in [6.07, 6.45) is 7.66. The molecule has 6 rings (SSSR count). The number of rotatable bonds is 11. The van der Waals surface area contributed by atoms with Crippen molar-refractivity contribution in [2.75, 3.05) is 0 Å². The number of furan rings is 2. The second-order valence-electron chi connectivity index (χ2n) is 17.0. The van der Waals surface area contributed by atoms with Crippen molar-refractivity contribution in [3.05, 3.63) is 102 Å². The Morgan fingerprint density at radius 1 is 0.873 bits per heavy atom. The van der Waals surface area contributed by atoms with Gasteiger partial charge in [0.05, 0.1) is 6.26 Å². The van der Waals surface area contributed by atoms with E-state index in [1.54, 1.807) is 0 Å². The van der Waals surface area contributed by atoms with Gasteiger partial charge in [-0.3, -0.25) is 9.78 Å². The molecule has 0 bridgehead atoms. The number of benzene rings is 3. The van der Waals surface area contributed by atoms with Gasteiger partial charge in [-0.05, 0) is 67.6 Å². The summed E-state index contributed by atoms with van der Waals surface area (Å²) < 4.78 is 12.2. The van der Waals surface area contributed by atoms with Crippen LogP contribution in [-0.4, -0.2) is 15.9 Å². The Labute approximate surface area is 342 Å². The zero-order valence-electron chi connectivity index (χ0n) is 35.0. The van der Waals surface area contributed by atoms with Crippen LogP contribution in [-0.2, 0) is 36.7 Å². The minimum atomic E-state index is -0.337. The predicted octanol–water partition coefficient (Wildman–Crippen LogP) is 14.3. The molecule has 0 amide bonds. The summed E-state index contributed by atoms with van der Waals surface area (Å²) in [5.41, 5.74) is 8.42. The number of carbonyl (C=O) groups is 1. The first-order chi connectivity index (χ1) is 25.5. The van der Waals surface area contributed by atoms with Crippen LogP contribution in [0, 0.1) is 29.7 Å². The molecule has 0 saturated carbocycles. The van der Waals surface area contributed by atoms with Crippen LogP contribution in [0.2, 0.25) is 0 Å². The summed E-state index contributed by atoms with van der Waals surface area (Å²) in [6, 6.07) is 25.0. The molecule has 6 aromatic rings. The number of aryl methyl sites for hydroxylation is 1. The minimum Gasteiger partial charge on any atom is -0.512 e. The number of carbonyl (C=O) groups excluding carboxylic acids is 1. The van der Waals surface area contributed by atoms with Crippen LogP contribution in [0.25, 0.3) is 55.2 Å². The van der Waals surface area contributed by atoms with E-state index in [0.717, 1.165) is 82.3 Å². The number of aliphatic hydroxyl groups excluding tert-OH is 1. The summed E-state index contributed by atoms with van der Waals surface area (Å²) >= 11 is 0. The number of nitrogens with zero attached hydrogens (tertiary/aromatic N) is 1. The fraction of sp³-hybridized carbons (Fsp3) is 0.429. The van der Waals surface area contributed by atoms with E-state index in [4.69, 9.17) is 13.8 Å². The average Bonchev–Trinajstić information content (AvgIpc) is 3.74. The number of aromatic nitrogens is 1. The van der Waals surface area contributed by atoms with Crippen molar-refractivity contribution in [3.8, 4) is 22.4 Å². The van der Waals surface area contributed by atoms with Gasteiger partial charge in [0.15, 0.2) is 11.4 Å². The molecule has 0 aliphatic rings. The monoisotopic (exact) mass is 919 g/mol. The summed E-state index contributed by atoms with van der Waals surface area (Å²) in [4.78, 5) is 17.2. The number of hydrogen-bond donors (Lipinski definition) is 1. The van der Waals surface area contributed by atoms with Crippen LogP contribution in [0.5, 0.6) is 0 Å². The fourth-order valence-corrected chi connectivity index (χ4v) is 7.01.